The Labute approximate surface area is 95.0 Å². The van der Waals surface area contributed by atoms with E-state index in [9.17, 15) is 0 Å². The van der Waals surface area contributed by atoms with Crippen LogP contribution in [0.4, 0.5) is 0 Å². The van der Waals surface area contributed by atoms with E-state index >= 15 is 0 Å². The summed E-state index contributed by atoms with van der Waals surface area (Å²) in [5, 5.41) is 0. The van der Waals surface area contributed by atoms with E-state index < -0.39 is 0 Å². The maximum absolute atomic E-state index is 5.57. The van der Waals surface area contributed by atoms with Crippen molar-refractivity contribution < 1.29 is 19.0 Å². The van der Waals surface area contributed by atoms with Crippen molar-refractivity contribution in [1.29, 1.82) is 0 Å². The van der Waals surface area contributed by atoms with Gasteiger partial charge in [-0.1, -0.05) is 6.07 Å². The number of ether oxygens (including phenoxy) is 3. The predicted molar refractivity (Wildman–Crippen MR) is 59.8 cm³/mol. The molecule has 0 aliphatic carbocycles. The molecule has 5 heteroatoms. The smallest absolute Gasteiger partial charge is 0.203 e. The van der Waals surface area contributed by atoms with Gasteiger partial charge >= 0.3 is 0 Å². The molecule has 0 radical (unpaired) electrons. The van der Waals surface area contributed by atoms with Crippen molar-refractivity contribution in [1.82, 2.24) is 0 Å². The minimum Gasteiger partial charge on any atom is -0.493 e. The Balaban J connectivity index is 2.67. The summed E-state index contributed by atoms with van der Waals surface area (Å²) in [6.45, 7) is 0.950. The molecule has 0 spiro atoms. The Kier molecular flexibility index (Phi) is 5.45. The summed E-state index contributed by atoms with van der Waals surface area (Å²) in [4.78, 5) is 4.45. The highest BCUT2D eigenvalue weighted by Gasteiger charge is 2.10. The molecule has 0 amide bonds. The predicted octanol–water partition coefficient (Wildman–Crippen LogP) is 1.36. The van der Waals surface area contributed by atoms with E-state index in [-0.39, 0.29) is 0 Å². The molecule has 16 heavy (non-hydrogen) atoms. The number of methoxy groups -OCH3 is 2. The third kappa shape index (κ3) is 3.29. The van der Waals surface area contributed by atoms with Gasteiger partial charge in [-0.05, 0) is 12.1 Å². The molecule has 90 valence electrons. The summed E-state index contributed by atoms with van der Waals surface area (Å²) in [5.74, 6) is 6.81. The first-order valence-corrected chi connectivity index (χ1v) is 4.99. The van der Waals surface area contributed by atoms with Crippen molar-refractivity contribution >= 4 is 0 Å². The molecule has 0 saturated carbocycles. The molecule has 0 bridgehead atoms. The molecule has 0 fully saturated rings. The van der Waals surface area contributed by atoms with Crippen molar-refractivity contribution in [3.05, 3.63) is 18.2 Å². The van der Waals surface area contributed by atoms with E-state index in [1.54, 1.807) is 14.2 Å². The molecule has 0 atom stereocenters. The summed E-state index contributed by atoms with van der Waals surface area (Å²) in [5.41, 5.74) is 0. The number of benzene rings is 1. The highest BCUT2D eigenvalue weighted by atomic mass is 16.6. The van der Waals surface area contributed by atoms with Gasteiger partial charge in [-0.3, -0.25) is 0 Å². The Bertz CT molecular complexity index is 295. The molecular weight excluding hydrogens is 210 g/mol. The number of hydrogen-bond acceptors (Lipinski definition) is 5. The second-order valence-corrected chi connectivity index (χ2v) is 3.06. The standard InChI is InChI=1S/C11H17NO4/c1-13-9-5-3-6-10(14-2)11(9)15-7-4-8-16-12/h3,5-6H,4,7-8,12H2,1-2H3. The first-order chi connectivity index (χ1) is 7.83. The third-order valence-corrected chi connectivity index (χ3v) is 2.04. The maximum Gasteiger partial charge on any atom is 0.203 e. The summed E-state index contributed by atoms with van der Waals surface area (Å²) in [7, 11) is 3.18. The SMILES string of the molecule is COc1cccc(OC)c1OCCCON. The monoisotopic (exact) mass is 227 g/mol. The molecule has 1 aromatic carbocycles. The average molecular weight is 227 g/mol. The third-order valence-electron chi connectivity index (χ3n) is 2.04. The van der Waals surface area contributed by atoms with Gasteiger partial charge in [0.25, 0.3) is 0 Å². The number of para-hydroxylation sites is 1. The molecule has 0 aliphatic heterocycles. The Morgan fingerprint density at radius 3 is 2.19 bits per heavy atom. The van der Waals surface area contributed by atoms with Crippen molar-refractivity contribution in [3.8, 4) is 17.2 Å². The highest BCUT2D eigenvalue weighted by Crippen LogP contribution is 2.36. The van der Waals surface area contributed by atoms with Gasteiger partial charge in [0.15, 0.2) is 11.5 Å². The van der Waals surface area contributed by atoms with Crippen LogP contribution in [0.15, 0.2) is 18.2 Å². The number of hydrogen-bond donors (Lipinski definition) is 1. The molecule has 5 nitrogen and oxygen atoms in total. The van der Waals surface area contributed by atoms with Gasteiger partial charge in [0.2, 0.25) is 5.75 Å². The van der Waals surface area contributed by atoms with E-state index in [2.05, 4.69) is 4.84 Å². The zero-order valence-corrected chi connectivity index (χ0v) is 9.56. The van der Waals surface area contributed by atoms with Crippen LogP contribution in [0.2, 0.25) is 0 Å². The second-order valence-electron chi connectivity index (χ2n) is 3.06. The molecule has 1 rings (SSSR count). The van der Waals surface area contributed by atoms with Crippen LogP contribution in [0.3, 0.4) is 0 Å². The van der Waals surface area contributed by atoms with Crippen molar-refractivity contribution in [3.63, 3.8) is 0 Å². The van der Waals surface area contributed by atoms with E-state index in [0.717, 1.165) is 0 Å². The van der Waals surface area contributed by atoms with Gasteiger partial charge in [-0.2, -0.15) is 0 Å². The molecule has 0 aliphatic rings. The van der Waals surface area contributed by atoms with Crippen LogP contribution >= 0.6 is 0 Å². The Morgan fingerprint density at radius 1 is 1.06 bits per heavy atom. The second kappa shape index (κ2) is 6.92. The van der Waals surface area contributed by atoms with Gasteiger partial charge in [0, 0.05) is 6.42 Å². The summed E-state index contributed by atoms with van der Waals surface area (Å²) < 4.78 is 15.9. The molecule has 0 heterocycles. The normalized spacial score (nSPS) is 9.94. The zero-order chi connectivity index (χ0) is 11.8. The van der Waals surface area contributed by atoms with Crippen LogP contribution in [-0.2, 0) is 4.84 Å². The first-order valence-electron chi connectivity index (χ1n) is 4.99. The van der Waals surface area contributed by atoms with Crippen LogP contribution in [-0.4, -0.2) is 27.4 Å². The van der Waals surface area contributed by atoms with Crippen LogP contribution < -0.4 is 20.1 Å². The van der Waals surface area contributed by atoms with Gasteiger partial charge in [0.05, 0.1) is 27.4 Å². The van der Waals surface area contributed by atoms with Crippen LogP contribution in [0.25, 0.3) is 0 Å². The fraction of sp³-hybridized carbons (Fsp3) is 0.455. The lowest BCUT2D eigenvalue weighted by atomic mass is 10.3. The van der Waals surface area contributed by atoms with Gasteiger partial charge in [-0.25, -0.2) is 5.90 Å². The lowest BCUT2D eigenvalue weighted by molar-refractivity contribution is 0.121. The van der Waals surface area contributed by atoms with Gasteiger partial charge < -0.3 is 19.0 Å². The van der Waals surface area contributed by atoms with Gasteiger partial charge in [-0.15, -0.1) is 0 Å². The first kappa shape index (κ1) is 12.6. The Hall–Kier alpha value is -1.46. The van der Waals surface area contributed by atoms with E-state index in [4.69, 9.17) is 20.1 Å². The van der Waals surface area contributed by atoms with Crippen LogP contribution in [0.1, 0.15) is 6.42 Å². The van der Waals surface area contributed by atoms with Gasteiger partial charge in [0.1, 0.15) is 0 Å². The quantitative estimate of drug-likeness (QED) is 0.563. The van der Waals surface area contributed by atoms with Crippen molar-refractivity contribution in [2.24, 2.45) is 5.90 Å². The van der Waals surface area contributed by atoms with E-state index in [1.165, 1.54) is 0 Å². The molecule has 0 saturated heterocycles. The Morgan fingerprint density at radius 2 is 1.69 bits per heavy atom. The fourth-order valence-electron chi connectivity index (χ4n) is 1.28. The van der Waals surface area contributed by atoms with Crippen molar-refractivity contribution in [2.75, 3.05) is 27.4 Å². The zero-order valence-electron chi connectivity index (χ0n) is 9.56. The number of nitrogens with two attached hydrogens (primary N) is 1. The average Bonchev–Trinajstić information content (AvgIpc) is 2.34. The highest BCUT2D eigenvalue weighted by molar-refractivity contribution is 5.50. The summed E-state index contributed by atoms with van der Waals surface area (Å²) in [6, 6.07) is 5.47. The van der Waals surface area contributed by atoms with E-state index in [1.807, 2.05) is 18.2 Å². The lowest BCUT2D eigenvalue weighted by Gasteiger charge is -2.13. The largest absolute Gasteiger partial charge is 0.493 e. The summed E-state index contributed by atoms with van der Waals surface area (Å²) >= 11 is 0. The molecular formula is C11H17NO4. The minimum atomic E-state index is 0.456. The molecule has 1 aromatic rings. The number of rotatable bonds is 7. The van der Waals surface area contributed by atoms with Crippen LogP contribution in [0, 0.1) is 0 Å². The minimum absolute atomic E-state index is 0.456. The maximum atomic E-state index is 5.57. The van der Waals surface area contributed by atoms with Crippen LogP contribution in [0.5, 0.6) is 17.2 Å². The fourth-order valence-corrected chi connectivity index (χ4v) is 1.28. The lowest BCUT2D eigenvalue weighted by Crippen LogP contribution is -2.07. The molecule has 0 aromatic heterocycles. The topological polar surface area (TPSA) is 62.9 Å². The molecule has 2 N–H and O–H groups in total. The van der Waals surface area contributed by atoms with E-state index in [0.29, 0.717) is 36.9 Å². The van der Waals surface area contributed by atoms with Crippen molar-refractivity contribution in [2.45, 2.75) is 6.42 Å². The molecule has 0 unspecified atom stereocenters. The summed E-state index contributed by atoms with van der Waals surface area (Å²) in [6.07, 6.45) is 0.706.